The zero-order valence-electron chi connectivity index (χ0n) is 17.4. The highest BCUT2D eigenvalue weighted by Crippen LogP contribution is 2.25. The molecule has 0 fully saturated rings. The molecule has 1 heterocycles. The summed E-state index contributed by atoms with van der Waals surface area (Å²) in [5.41, 5.74) is 4.00. The second-order valence-corrected chi connectivity index (χ2v) is 7.86. The molecule has 1 N–H and O–H groups in total. The molecule has 0 aliphatic heterocycles. The van der Waals surface area contributed by atoms with Gasteiger partial charge in [0.05, 0.1) is 12.7 Å². The molecular formula is C22H32N4O2. The summed E-state index contributed by atoms with van der Waals surface area (Å²) in [5.74, 6) is -0.00973. The van der Waals surface area contributed by atoms with Gasteiger partial charge in [-0.15, -0.1) is 0 Å². The molecule has 0 saturated carbocycles. The maximum atomic E-state index is 13.1. The molecule has 1 aromatic carbocycles. The van der Waals surface area contributed by atoms with Crippen molar-refractivity contribution < 1.29 is 9.53 Å². The first-order valence-electron chi connectivity index (χ1n) is 10.1. The lowest BCUT2D eigenvalue weighted by atomic mass is 9.91. The Bertz CT molecular complexity index is 785. The van der Waals surface area contributed by atoms with Gasteiger partial charge < -0.3 is 15.0 Å². The topological polar surface area (TPSA) is 59.4 Å². The Kier molecular flexibility index (Phi) is 6.86. The summed E-state index contributed by atoms with van der Waals surface area (Å²) >= 11 is 0. The Balaban J connectivity index is 1.66. The van der Waals surface area contributed by atoms with Gasteiger partial charge in [-0.25, -0.2) is 0 Å². The number of aromatic nitrogens is 2. The van der Waals surface area contributed by atoms with Gasteiger partial charge in [0.1, 0.15) is 0 Å². The third-order valence-corrected chi connectivity index (χ3v) is 5.25. The monoisotopic (exact) mass is 384 g/mol. The molecule has 28 heavy (non-hydrogen) atoms. The lowest BCUT2D eigenvalue weighted by Gasteiger charge is -2.25. The second kappa shape index (κ2) is 9.34. The van der Waals surface area contributed by atoms with Crippen LogP contribution >= 0.6 is 0 Å². The predicted molar refractivity (Wildman–Crippen MR) is 110 cm³/mol. The van der Waals surface area contributed by atoms with Crippen molar-refractivity contribution in [1.82, 2.24) is 20.0 Å². The maximum absolute atomic E-state index is 13.1. The van der Waals surface area contributed by atoms with Gasteiger partial charge in [0.25, 0.3) is 5.91 Å². The van der Waals surface area contributed by atoms with Crippen LogP contribution in [0.15, 0.2) is 30.3 Å². The summed E-state index contributed by atoms with van der Waals surface area (Å²) in [5, 5.41) is 8.16. The summed E-state index contributed by atoms with van der Waals surface area (Å²) in [6.45, 7) is 6.22. The van der Waals surface area contributed by atoms with Crippen LogP contribution in [0.3, 0.4) is 0 Å². The third kappa shape index (κ3) is 5.00. The van der Waals surface area contributed by atoms with Crippen molar-refractivity contribution in [2.75, 3.05) is 20.2 Å². The van der Waals surface area contributed by atoms with Crippen molar-refractivity contribution in [3.8, 4) is 0 Å². The summed E-state index contributed by atoms with van der Waals surface area (Å²) in [4.78, 5) is 14.8. The minimum Gasteiger partial charge on any atom is -0.377 e. The minimum atomic E-state index is -0.00973. The molecule has 0 unspecified atom stereocenters. The molecule has 1 aliphatic carbocycles. The number of ether oxygens (including phenoxy) is 1. The highest BCUT2D eigenvalue weighted by Gasteiger charge is 2.29. The van der Waals surface area contributed by atoms with Gasteiger partial charge in [0, 0.05) is 44.5 Å². The fourth-order valence-electron chi connectivity index (χ4n) is 3.80. The van der Waals surface area contributed by atoms with Gasteiger partial charge in [0.15, 0.2) is 5.69 Å². The first-order valence-corrected chi connectivity index (χ1v) is 10.1. The number of aryl methyl sites for hydroxylation is 1. The molecule has 6 heteroatoms. The molecule has 3 rings (SSSR count). The lowest BCUT2D eigenvalue weighted by Crippen LogP contribution is -2.37. The average molecular weight is 385 g/mol. The van der Waals surface area contributed by atoms with Crippen LogP contribution in [0.2, 0.25) is 0 Å². The Morgan fingerprint density at radius 2 is 2.11 bits per heavy atom. The van der Waals surface area contributed by atoms with E-state index >= 15 is 0 Å². The lowest BCUT2D eigenvalue weighted by molar-refractivity contribution is 0.0772. The molecule has 0 saturated heterocycles. The van der Waals surface area contributed by atoms with E-state index in [-0.39, 0.29) is 12.0 Å². The number of fused-ring (bicyclic) bond motifs is 1. The predicted octanol–water partition coefficient (Wildman–Crippen LogP) is 2.56. The molecule has 0 bridgehead atoms. The van der Waals surface area contributed by atoms with Crippen LogP contribution in [0.4, 0.5) is 0 Å². The van der Waals surface area contributed by atoms with Crippen molar-refractivity contribution in [2.24, 2.45) is 7.05 Å². The normalized spacial score (nSPS) is 16.2. The largest absolute Gasteiger partial charge is 0.377 e. The Labute approximate surface area is 167 Å². The van der Waals surface area contributed by atoms with Crippen molar-refractivity contribution in [2.45, 2.75) is 51.8 Å². The van der Waals surface area contributed by atoms with Crippen LogP contribution in [0.25, 0.3) is 0 Å². The van der Waals surface area contributed by atoms with Crippen LogP contribution in [-0.2, 0) is 31.2 Å². The molecule has 152 valence electrons. The molecule has 2 aromatic rings. The van der Waals surface area contributed by atoms with Gasteiger partial charge in [-0.05, 0) is 38.7 Å². The van der Waals surface area contributed by atoms with E-state index in [2.05, 4.69) is 10.4 Å². The van der Waals surface area contributed by atoms with Crippen LogP contribution in [0, 0.1) is 0 Å². The molecule has 1 aromatic heterocycles. The van der Waals surface area contributed by atoms with Gasteiger partial charge in [-0.2, -0.15) is 5.10 Å². The van der Waals surface area contributed by atoms with Crippen LogP contribution < -0.4 is 5.32 Å². The SMILES string of the molecule is CC(C)OCCN[C@@H]1CCc2c(c(C(=O)N(C)Cc3ccccc3)nn2C)C1. The van der Waals surface area contributed by atoms with E-state index in [0.717, 1.165) is 36.9 Å². The highest BCUT2D eigenvalue weighted by molar-refractivity contribution is 5.94. The van der Waals surface area contributed by atoms with Crippen molar-refractivity contribution in [1.29, 1.82) is 0 Å². The summed E-state index contributed by atoms with van der Waals surface area (Å²) < 4.78 is 7.50. The molecule has 0 radical (unpaired) electrons. The molecule has 0 spiro atoms. The maximum Gasteiger partial charge on any atom is 0.274 e. The Morgan fingerprint density at radius 3 is 2.82 bits per heavy atom. The van der Waals surface area contributed by atoms with Gasteiger partial charge in [-0.3, -0.25) is 9.48 Å². The molecule has 1 amide bonds. The van der Waals surface area contributed by atoms with Crippen LogP contribution in [0.1, 0.15) is 47.6 Å². The van der Waals surface area contributed by atoms with Gasteiger partial charge in [0.2, 0.25) is 0 Å². The number of benzene rings is 1. The van der Waals surface area contributed by atoms with E-state index < -0.39 is 0 Å². The van der Waals surface area contributed by atoms with E-state index in [0.29, 0.717) is 24.9 Å². The van der Waals surface area contributed by atoms with Gasteiger partial charge >= 0.3 is 0 Å². The first-order chi connectivity index (χ1) is 13.5. The zero-order chi connectivity index (χ0) is 20.1. The Morgan fingerprint density at radius 1 is 1.36 bits per heavy atom. The minimum absolute atomic E-state index is 0.00973. The van der Waals surface area contributed by atoms with E-state index in [1.165, 1.54) is 5.69 Å². The number of rotatable bonds is 8. The number of carbonyl (C=O) groups excluding carboxylic acids is 1. The third-order valence-electron chi connectivity index (χ3n) is 5.25. The second-order valence-electron chi connectivity index (χ2n) is 7.86. The average Bonchev–Trinajstić information content (AvgIpc) is 3.01. The summed E-state index contributed by atoms with van der Waals surface area (Å²) in [7, 11) is 3.79. The first kappa shape index (κ1) is 20.6. The molecular weight excluding hydrogens is 352 g/mol. The quantitative estimate of drug-likeness (QED) is 0.711. The van der Waals surface area contributed by atoms with Crippen LogP contribution in [0.5, 0.6) is 0 Å². The van der Waals surface area contributed by atoms with Crippen LogP contribution in [-0.4, -0.2) is 52.9 Å². The van der Waals surface area contributed by atoms with E-state index in [1.54, 1.807) is 4.90 Å². The van der Waals surface area contributed by atoms with Gasteiger partial charge in [-0.1, -0.05) is 30.3 Å². The number of amides is 1. The fourth-order valence-corrected chi connectivity index (χ4v) is 3.80. The van der Waals surface area contributed by atoms with E-state index in [4.69, 9.17) is 4.74 Å². The standard InChI is InChI=1S/C22H32N4O2/c1-16(2)28-13-12-23-18-10-11-20-19(14-18)21(24-26(20)4)22(27)25(3)15-17-8-6-5-7-9-17/h5-9,16,18,23H,10-15H2,1-4H3/t18-/m1/s1. The number of nitrogens with one attached hydrogen (secondary N) is 1. The highest BCUT2D eigenvalue weighted by atomic mass is 16.5. The zero-order valence-corrected chi connectivity index (χ0v) is 17.4. The summed E-state index contributed by atoms with van der Waals surface area (Å²) in [6.07, 6.45) is 3.09. The number of carbonyl (C=O) groups is 1. The number of nitrogens with zero attached hydrogens (tertiary/aromatic N) is 3. The van der Waals surface area contributed by atoms with E-state index in [1.807, 2.05) is 63.0 Å². The Hall–Kier alpha value is -2.18. The fraction of sp³-hybridized carbons (Fsp3) is 0.545. The summed E-state index contributed by atoms with van der Waals surface area (Å²) in [6, 6.07) is 10.4. The van der Waals surface area contributed by atoms with Crippen molar-refractivity contribution in [3.63, 3.8) is 0 Å². The van der Waals surface area contributed by atoms with Crippen molar-refractivity contribution >= 4 is 5.91 Å². The molecule has 6 nitrogen and oxygen atoms in total. The van der Waals surface area contributed by atoms with E-state index in [9.17, 15) is 4.79 Å². The molecule has 1 aliphatic rings. The number of hydrogen-bond acceptors (Lipinski definition) is 4. The number of hydrogen-bond donors (Lipinski definition) is 1. The smallest absolute Gasteiger partial charge is 0.274 e. The van der Waals surface area contributed by atoms with Crippen molar-refractivity contribution in [3.05, 3.63) is 52.8 Å². The molecule has 1 atom stereocenters.